The Kier molecular flexibility index (Phi) is 7.24. The van der Waals surface area contributed by atoms with Gasteiger partial charge in [-0.25, -0.2) is 9.37 Å². The van der Waals surface area contributed by atoms with Crippen molar-refractivity contribution in [2.45, 2.75) is 33.6 Å². The molecule has 1 aliphatic rings. The fourth-order valence-electron chi connectivity index (χ4n) is 3.84. The van der Waals surface area contributed by atoms with E-state index in [2.05, 4.69) is 29.0 Å². The number of rotatable bonds is 7. The molecule has 1 fully saturated rings. The molecule has 5 nitrogen and oxygen atoms in total. The summed E-state index contributed by atoms with van der Waals surface area (Å²) in [5.74, 6) is 1.05. The van der Waals surface area contributed by atoms with Gasteiger partial charge in [0.2, 0.25) is 0 Å². The van der Waals surface area contributed by atoms with E-state index in [1.165, 1.54) is 30.9 Å². The molecule has 7 heteroatoms. The lowest BCUT2D eigenvalue weighted by Gasteiger charge is -2.33. The van der Waals surface area contributed by atoms with E-state index in [1.54, 1.807) is 19.1 Å². The minimum Gasteiger partial charge on any atom is -0.497 e. The van der Waals surface area contributed by atoms with Crippen LogP contribution in [-0.2, 0) is 0 Å². The summed E-state index contributed by atoms with van der Waals surface area (Å²) in [4.78, 5) is 20.2. The van der Waals surface area contributed by atoms with Crippen LogP contribution in [0.5, 0.6) is 5.75 Å². The van der Waals surface area contributed by atoms with Crippen LogP contribution in [0.4, 0.5) is 4.39 Å². The molecule has 1 N–H and O–H groups in total. The van der Waals surface area contributed by atoms with Gasteiger partial charge in [0.05, 0.1) is 12.8 Å². The van der Waals surface area contributed by atoms with Crippen LogP contribution in [0.25, 0.3) is 10.6 Å². The highest BCUT2D eigenvalue weighted by Crippen LogP contribution is 2.31. The predicted octanol–water partition coefficient (Wildman–Crippen LogP) is 4.36. The Bertz CT molecular complexity index is 853. The summed E-state index contributed by atoms with van der Waals surface area (Å²) in [5.41, 5.74) is 1.01. The number of hydrogen-bond donors (Lipinski definition) is 1. The van der Waals surface area contributed by atoms with Gasteiger partial charge in [-0.05, 0) is 50.3 Å². The number of carbonyl (C=O) groups is 1. The number of thiazole rings is 1. The second-order valence-corrected chi connectivity index (χ2v) is 9.15. The lowest BCUT2D eigenvalue weighted by molar-refractivity contribution is 0.0932. The number of aryl methyl sites for hydroxylation is 1. The molecule has 0 radical (unpaired) electrons. The van der Waals surface area contributed by atoms with Crippen LogP contribution in [0.15, 0.2) is 18.2 Å². The lowest BCUT2D eigenvalue weighted by atomic mass is 9.97. The molecular weight excluding hydrogens is 389 g/mol. The summed E-state index contributed by atoms with van der Waals surface area (Å²) in [6.45, 7) is 10.2. The maximum Gasteiger partial charge on any atom is 0.263 e. The summed E-state index contributed by atoms with van der Waals surface area (Å²) in [5, 5.41) is 3.58. The minimum atomic E-state index is -0.405. The molecule has 29 heavy (non-hydrogen) atoms. The molecular formula is C22H30FN3O2S. The minimum absolute atomic E-state index is 0.124. The number of aromatic nitrogens is 1. The number of benzene rings is 1. The Morgan fingerprint density at radius 3 is 2.93 bits per heavy atom. The number of halogens is 1. The van der Waals surface area contributed by atoms with Gasteiger partial charge in [0.1, 0.15) is 21.5 Å². The molecule has 1 amide bonds. The molecule has 0 aliphatic carbocycles. The van der Waals surface area contributed by atoms with Gasteiger partial charge in [0, 0.05) is 31.3 Å². The number of likely N-dealkylation sites (tertiary alicyclic amines) is 1. The van der Waals surface area contributed by atoms with Gasteiger partial charge in [0.25, 0.3) is 5.91 Å². The molecule has 1 saturated heterocycles. The zero-order chi connectivity index (χ0) is 21.0. The van der Waals surface area contributed by atoms with E-state index < -0.39 is 5.82 Å². The Balaban J connectivity index is 1.63. The third-order valence-electron chi connectivity index (χ3n) is 5.19. The van der Waals surface area contributed by atoms with E-state index in [-0.39, 0.29) is 5.91 Å². The van der Waals surface area contributed by atoms with Crippen molar-refractivity contribution in [2.75, 3.05) is 33.3 Å². The Morgan fingerprint density at radius 2 is 2.24 bits per heavy atom. The van der Waals surface area contributed by atoms with Crippen LogP contribution in [0.1, 0.15) is 42.1 Å². The van der Waals surface area contributed by atoms with E-state index in [9.17, 15) is 9.18 Å². The average molecular weight is 420 g/mol. The molecule has 2 aromatic rings. The second kappa shape index (κ2) is 9.67. The summed E-state index contributed by atoms with van der Waals surface area (Å²) in [7, 11) is 1.50. The first-order valence-corrected chi connectivity index (χ1v) is 11.0. The van der Waals surface area contributed by atoms with Crippen LogP contribution >= 0.6 is 11.3 Å². The zero-order valence-corrected chi connectivity index (χ0v) is 18.4. The molecule has 1 aliphatic heterocycles. The van der Waals surface area contributed by atoms with E-state index in [1.807, 2.05) is 0 Å². The van der Waals surface area contributed by atoms with Crippen molar-refractivity contribution in [3.8, 4) is 16.3 Å². The van der Waals surface area contributed by atoms with Gasteiger partial charge in [0.15, 0.2) is 0 Å². The molecule has 0 bridgehead atoms. The molecule has 1 unspecified atom stereocenters. The smallest absolute Gasteiger partial charge is 0.263 e. The number of amides is 1. The molecule has 2 heterocycles. The summed E-state index contributed by atoms with van der Waals surface area (Å²) >= 11 is 1.23. The lowest BCUT2D eigenvalue weighted by Crippen LogP contribution is -2.42. The molecule has 158 valence electrons. The number of methoxy groups -OCH3 is 1. The molecule has 0 spiro atoms. The SMILES string of the molecule is COc1ccc(-c2nc(C)c(C(=O)NCC3CCCN(CC(C)C)C3)s2)c(F)c1. The summed E-state index contributed by atoms with van der Waals surface area (Å²) in [6.07, 6.45) is 2.31. The highest BCUT2D eigenvalue weighted by molar-refractivity contribution is 7.17. The first kappa shape index (κ1) is 21.7. The van der Waals surface area contributed by atoms with Gasteiger partial charge in [-0.15, -0.1) is 11.3 Å². The molecule has 0 saturated carbocycles. The van der Waals surface area contributed by atoms with Crippen molar-refractivity contribution in [1.82, 2.24) is 15.2 Å². The average Bonchev–Trinajstić information content (AvgIpc) is 3.07. The molecule has 3 rings (SSSR count). The van der Waals surface area contributed by atoms with Crippen molar-refractivity contribution in [1.29, 1.82) is 0 Å². The summed E-state index contributed by atoms with van der Waals surface area (Å²) < 4.78 is 19.4. The maximum atomic E-state index is 14.4. The molecule has 1 aromatic heterocycles. The van der Waals surface area contributed by atoms with Crippen molar-refractivity contribution in [3.05, 3.63) is 34.6 Å². The number of nitrogens with zero attached hydrogens (tertiary/aromatic N) is 2. The van der Waals surface area contributed by atoms with Gasteiger partial charge in [-0.2, -0.15) is 0 Å². The fourth-order valence-corrected chi connectivity index (χ4v) is 4.85. The number of hydrogen-bond acceptors (Lipinski definition) is 5. The van der Waals surface area contributed by atoms with E-state index in [0.717, 1.165) is 26.1 Å². The Labute approximate surface area is 176 Å². The van der Waals surface area contributed by atoms with E-state index >= 15 is 0 Å². The van der Waals surface area contributed by atoms with E-state index in [0.29, 0.717) is 45.3 Å². The Hall–Kier alpha value is -1.99. The molecule has 1 atom stereocenters. The van der Waals surface area contributed by atoms with Crippen LogP contribution in [0, 0.1) is 24.6 Å². The van der Waals surface area contributed by atoms with Gasteiger partial charge in [-0.3, -0.25) is 4.79 Å². The first-order chi connectivity index (χ1) is 13.9. The normalized spacial score (nSPS) is 17.5. The van der Waals surface area contributed by atoms with Gasteiger partial charge in [-0.1, -0.05) is 13.8 Å². The fraction of sp³-hybridized carbons (Fsp3) is 0.545. The van der Waals surface area contributed by atoms with Gasteiger partial charge < -0.3 is 15.0 Å². The van der Waals surface area contributed by atoms with Crippen molar-refractivity contribution in [2.24, 2.45) is 11.8 Å². The second-order valence-electron chi connectivity index (χ2n) is 8.15. The number of carbonyl (C=O) groups excluding carboxylic acids is 1. The van der Waals surface area contributed by atoms with Crippen LogP contribution in [0.3, 0.4) is 0 Å². The van der Waals surface area contributed by atoms with Gasteiger partial charge >= 0.3 is 0 Å². The highest BCUT2D eigenvalue weighted by atomic mass is 32.1. The topological polar surface area (TPSA) is 54.5 Å². The first-order valence-electron chi connectivity index (χ1n) is 10.2. The third kappa shape index (κ3) is 5.54. The standard InChI is InChI=1S/C22H30FN3O2S/c1-14(2)12-26-9-5-6-16(13-26)11-24-21(27)20-15(3)25-22(29-20)18-8-7-17(28-4)10-19(18)23/h7-8,10,14,16H,5-6,9,11-13H2,1-4H3,(H,24,27). The van der Waals surface area contributed by atoms with Crippen LogP contribution in [-0.4, -0.2) is 49.1 Å². The third-order valence-corrected chi connectivity index (χ3v) is 6.38. The van der Waals surface area contributed by atoms with Crippen molar-refractivity contribution >= 4 is 17.2 Å². The monoisotopic (exact) mass is 419 g/mol. The quantitative estimate of drug-likeness (QED) is 0.724. The van der Waals surface area contributed by atoms with Crippen LogP contribution < -0.4 is 10.1 Å². The molecule has 1 aromatic carbocycles. The van der Waals surface area contributed by atoms with E-state index in [4.69, 9.17) is 4.74 Å². The van der Waals surface area contributed by atoms with Crippen molar-refractivity contribution < 1.29 is 13.9 Å². The maximum absolute atomic E-state index is 14.4. The summed E-state index contributed by atoms with van der Waals surface area (Å²) in [6, 6.07) is 4.66. The number of ether oxygens (including phenoxy) is 1. The number of piperidine rings is 1. The Morgan fingerprint density at radius 1 is 1.45 bits per heavy atom. The predicted molar refractivity (Wildman–Crippen MR) is 115 cm³/mol. The highest BCUT2D eigenvalue weighted by Gasteiger charge is 2.23. The van der Waals surface area contributed by atoms with Crippen molar-refractivity contribution in [3.63, 3.8) is 0 Å². The number of nitrogens with one attached hydrogen (secondary N) is 1. The zero-order valence-electron chi connectivity index (χ0n) is 17.6. The largest absolute Gasteiger partial charge is 0.497 e. The van der Waals surface area contributed by atoms with Crippen LogP contribution in [0.2, 0.25) is 0 Å².